The zero-order valence-corrected chi connectivity index (χ0v) is 12.5. The van der Waals surface area contributed by atoms with Crippen molar-refractivity contribution in [3.63, 3.8) is 0 Å². The molecule has 0 saturated heterocycles. The summed E-state index contributed by atoms with van der Waals surface area (Å²) < 4.78 is 0.954. The van der Waals surface area contributed by atoms with Crippen molar-refractivity contribution >= 4 is 15.9 Å². The summed E-state index contributed by atoms with van der Waals surface area (Å²) in [7, 11) is 2.02. The Balaban J connectivity index is 1.96. The lowest BCUT2D eigenvalue weighted by molar-refractivity contribution is 0.123. The third-order valence-electron chi connectivity index (χ3n) is 3.04. The van der Waals surface area contributed by atoms with Crippen molar-refractivity contribution < 1.29 is 5.11 Å². The number of likely N-dealkylation sites (N-methyl/N-ethyl adjacent to an activating group) is 1. The van der Waals surface area contributed by atoms with E-state index in [1.807, 2.05) is 49.5 Å². The van der Waals surface area contributed by atoms with Crippen LogP contribution in [-0.4, -0.2) is 23.6 Å². The van der Waals surface area contributed by atoms with Crippen LogP contribution >= 0.6 is 15.9 Å². The SMILES string of the molecule is CN(Cc1ccccc1)CC(O)c1ccccc1Br. The summed E-state index contributed by atoms with van der Waals surface area (Å²) in [5.41, 5.74) is 2.19. The summed E-state index contributed by atoms with van der Waals surface area (Å²) in [6.45, 7) is 1.44. The van der Waals surface area contributed by atoms with E-state index in [-0.39, 0.29) is 0 Å². The molecule has 1 N–H and O–H groups in total. The molecule has 0 aromatic heterocycles. The van der Waals surface area contributed by atoms with Gasteiger partial charge in [-0.15, -0.1) is 0 Å². The van der Waals surface area contributed by atoms with E-state index in [1.54, 1.807) is 0 Å². The normalized spacial score (nSPS) is 12.6. The van der Waals surface area contributed by atoms with Gasteiger partial charge in [-0.3, -0.25) is 4.90 Å². The van der Waals surface area contributed by atoms with Gasteiger partial charge >= 0.3 is 0 Å². The Labute approximate surface area is 122 Å². The molecule has 0 heterocycles. The fraction of sp³-hybridized carbons (Fsp3) is 0.250. The van der Waals surface area contributed by atoms with E-state index in [2.05, 4.69) is 33.0 Å². The van der Waals surface area contributed by atoms with Crippen molar-refractivity contribution in [2.75, 3.05) is 13.6 Å². The average molecular weight is 320 g/mol. The summed E-state index contributed by atoms with van der Waals surface area (Å²) in [6, 6.07) is 18.1. The molecule has 0 radical (unpaired) electrons. The van der Waals surface area contributed by atoms with Crippen LogP contribution in [-0.2, 0) is 6.54 Å². The topological polar surface area (TPSA) is 23.5 Å². The molecule has 3 heteroatoms. The zero-order valence-electron chi connectivity index (χ0n) is 11.0. The molecule has 0 saturated carbocycles. The molecule has 0 aliphatic carbocycles. The van der Waals surface area contributed by atoms with Crippen LogP contribution in [0.1, 0.15) is 17.2 Å². The van der Waals surface area contributed by atoms with Crippen LogP contribution in [0.5, 0.6) is 0 Å². The van der Waals surface area contributed by atoms with Gasteiger partial charge in [-0.1, -0.05) is 64.5 Å². The van der Waals surface area contributed by atoms with Crippen molar-refractivity contribution in [1.29, 1.82) is 0 Å². The average Bonchev–Trinajstić information content (AvgIpc) is 2.40. The molecule has 0 aliphatic rings. The quantitative estimate of drug-likeness (QED) is 0.910. The summed E-state index contributed by atoms with van der Waals surface area (Å²) in [5, 5.41) is 10.3. The van der Waals surface area contributed by atoms with Gasteiger partial charge in [0.1, 0.15) is 0 Å². The predicted octanol–water partition coefficient (Wildman–Crippen LogP) is 3.61. The second-order valence-electron chi connectivity index (χ2n) is 4.72. The van der Waals surface area contributed by atoms with Crippen LogP contribution < -0.4 is 0 Å². The van der Waals surface area contributed by atoms with Crippen molar-refractivity contribution in [2.24, 2.45) is 0 Å². The Morgan fingerprint density at radius 2 is 1.68 bits per heavy atom. The van der Waals surface area contributed by atoms with Crippen LogP contribution in [0, 0.1) is 0 Å². The van der Waals surface area contributed by atoms with Gasteiger partial charge in [-0.2, -0.15) is 0 Å². The molecule has 0 aliphatic heterocycles. The number of benzene rings is 2. The van der Waals surface area contributed by atoms with Crippen LogP contribution in [0.2, 0.25) is 0 Å². The largest absolute Gasteiger partial charge is 0.387 e. The maximum atomic E-state index is 10.3. The summed E-state index contributed by atoms with van der Waals surface area (Å²) >= 11 is 3.48. The number of nitrogens with zero attached hydrogens (tertiary/aromatic N) is 1. The van der Waals surface area contributed by atoms with Crippen LogP contribution in [0.4, 0.5) is 0 Å². The summed E-state index contributed by atoms with van der Waals surface area (Å²) in [4.78, 5) is 2.12. The van der Waals surface area contributed by atoms with E-state index >= 15 is 0 Å². The maximum Gasteiger partial charge on any atom is 0.0927 e. The predicted molar refractivity (Wildman–Crippen MR) is 81.9 cm³/mol. The third kappa shape index (κ3) is 4.16. The van der Waals surface area contributed by atoms with E-state index in [0.29, 0.717) is 6.54 Å². The van der Waals surface area contributed by atoms with Crippen LogP contribution in [0.25, 0.3) is 0 Å². The number of halogens is 1. The first kappa shape index (κ1) is 14.3. The Morgan fingerprint density at radius 3 is 2.37 bits per heavy atom. The molecule has 1 atom stereocenters. The van der Waals surface area contributed by atoms with E-state index in [4.69, 9.17) is 0 Å². The van der Waals surface area contributed by atoms with Gasteiger partial charge in [-0.05, 0) is 24.2 Å². The summed E-state index contributed by atoms with van der Waals surface area (Å²) in [6.07, 6.45) is -0.482. The number of hydrogen-bond acceptors (Lipinski definition) is 2. The molecule has 0 spiro atoms. The highest BCUT2D eigenvalue weighted by molar-refractivity contribution is 9.10. The molecule has 2 nitrogen and oxygen atoms in total. The minimum Gasteiger partial charge on any atom is -0.387 e. The third-order valence-corrected chi connectivity index (χ3v) is 3.77. The van der Waals surface area contributed by atoms with E-state index in [0.717, 1.165) is 16.6 Å². The van der Waals surface area contributed by atoms with Gasteiger partial charge in [-0.25, -0.2) is 0 Å². The molecule has 100 valence electrons. The number of hydrogen-bond donors (Lipinski definition) is 1. The van der Waals surface area contributed by atoms with Gasteiger partial charge in [0.2, 0.25) is 0 Å². The molecule has 1 unspecified atom stereocenters. The maximum absolute atomic E-state index is 10.3. The number of aliphatic hydroxyl groups excluding tert-OH is 1. The number of aliphatic hydroxyl groups is 1. The molecule has 2 aromatic carbocycles. The molecule has 19 heavy (non-hydrogen) atoms. The van der Waals surface area contributed by atoms with Gasteiger partial charge in [0, 0.05) is 17.6 Å². The molecule has 2 rings (SSSR count). The standard InChI is InChI=1S/C16H18BrNO/c1-18(11-13-7-3-2-4-8-13)12-16(19)14-9-5-6-10-15(14)17/h2-10,16,19H,11-12H2,1H3. The molecule has 0 fully saturated rings. The minimum atomic E-state index is -0.482. The fourth-order valence-corrected chi connectivity index (χ4v) is 2.65. The van der Waals surface area contributed by atoms with Gasteiger partial charge in [0.15, 0.2) is 0 Å². The van der Waals surface area contributed by atoms with Crippen molar-refractivity contribution in [3.05, 3.63) is 70.2 Å². The molecular formula is C16H18BrNO. The molecular weight excluding hydrogens is 302 g/mol. The van der Waals surface area contributed by atoms with Gasteiger partial charge < -0.3 is 5.11 Å². The van der Waals surface area contributed by atoms with Crippen molar-refractivity contribution in [1.82, 2.24) is 4.90 Å². The Hall–Kier alpha value is -1.16. The Kier molecular flexibility index (Phi) is 5.14. The highest BCUT2D eigenvalue weighted by Crippen LogP contribution is 2.23. The smallest absolute Gasteiger partial charge is 0.0927 e. The van der Waals surface area contributed by atoms with E-state index < -0.39 is 6.10 Å². The highest BCUT2D eigenvalue weighted by Gasteiger charge is 2.13. The lowest BCUT2D eigenvalue weighted by Gasteiger charge is -2.21. The number of rotatable bonds is 5. The monoisotopic (exact) mass is 319 g/mol. The first-order valence-corrected chi connectivity index (χ1v) is 7.11. The van der Waals surface area contributed by atoms with E-state index in [9.17, 15) is 5.11 Å². The van der Waals surface area contributed by atoms with Gasteiger partial charge in [0.25, 0.3) is 0 Å². The zero-order chi connectivity index (χ0) is 13.7. The van der Waals surface area contributed by atoms with Crippen LogP contribution in [0.15, 0.2) is 59.1 Å². The fourth-order valence-electron chi connectivity index (χ4n) is 2.10. The second-order valence-corrected chi connectivity index (χ2v) is 5.57. The Bertz CT molecular complexity index is 515. The van der Waals surface area contributed by atoms with Gasteiger partial charge in [0.05, 0.1) is 6.10 Å². The molecule has 0 bridgehead atoms. The lowest BCUT2D eigenvalue weighted by Crippen LogP contribution is -2.24. The Morgan fingerprint density at radius 1 is 1.05 bits per heavy atom. The highest BCUT2D eigenvalue weighted by atomic mass is 79.9. The minimum absolute atomic E-state index is 0.482. The summed E-state index contributed by atoms with van der Waals surface area (Å²) in [5.74, 6) is 0. The molecule has 2 aromatic rings. The second kappa shape index (κ2) is 6.85. The van der Waals surface area contributed by atoms with Crippen molar-refractivity contribution in [2.45, 2.75) is 12.6 Å². The lowest BCUT2D eigenvalue weighted by atomic mass is 10.1. The first-order valence-electron chi connectivity index (χ1n) is 6.32. The first-order chi connectivity index (χ1) is 9.16. The molecule has 0 amide bonds. The van der Waals surface area contributed by atoms with Crippen LogP contribution in [0.3, 0.4) is 0 Å². The van der Waals surface area contributed by atoms with E-state index in [1.165, 1.54) is 5.56 Å². The van der Waals surface area contributed by atoms with Crippen molar-refractivity contribution in [3.8, 4) is 0 Å².